The van der Waals surface area contributed by atoms with Crippen LogP contribution < -0.4 is 5.32 Å². The average Bonchev–Trinajstić information content (AvgIpc) is 3.16. The first-order chi connectivity index (χ1) is 13.5. The maximum atomic E-state index is 12.3. The molecule has 3 rings (SSSR count). The summed E-state index contributed by atoms with van der Waals surface area (Å²) in [5.74, 6) is -0.222. The highest BCUT2D eigenvalue weighted by molar-refractivity contribution is 7.10. The Morgan fingerprint density at radius 1 is 1.32 bits per heavy atom. The molecule has 1 aromatic heterocycles. The number of nitrogens with one attached hydrogen (secondary N) is 1. The smallest absolute Gasteiger partial charge is 0.409 e. The van der Waals surface area contributed by atoms with Gasteiger partial charge in [-0.15, -0.1) is 11.3 Å². The molecule has 2 aromatic rings. The molecule has 1 aliphatic rings. The number of benzene rings is 1. The third-order valence-corrected chi connectivity index (χ3v) is 6.17. The minimum absolute atomic E-state index is 0.0256. The fourth-order valence-corrected chi connectivity index (χ4v) is 4.40. The van der Waals surface area contributed by atoms with Gasteiger partial charge in [0.1, 0.15) is 6.54 Å². The van der Waals surface area contributed by atoms with Gasteiger partial charge >= 0.3 is 6.09 Å². The molecular formula is C20H24ClN3O3S. The highest BCUT2D eigenvalue weighted by Gasteiger charge is 2.26. The van der Waals surface area contributed by atoms with Gasteiger partial charge in [0.25, 0.3) is 0 Å². The molecule has 1 N–H and O–H groups in total. The first-order valence-electron chi connectivity index (χ1n) is 9.08. The van der Waals surface area contributed by atoms with Crippen LogP contribution in [0.2, 0.25) is 5.02 Å². The Morgan fingerprint density at radius 3 is 2.79 bits per heavy atom. The fraction of sp³-hybridized carbons (Fsp3) is 0.400. The van der Waals surface area contributed by atoms with Crippen LogP contribution in [-0.4, -0.2) is 55.6 Å². The highest BCUT2D eigenvalue weighted by Crippen LogP contribution is 2.30. The van der Waals surface area contributed by atoms with Gasteiger partial charge in [-0.05, 0) is 41.1 Å². The second-order valence-corrected chi connectivity index (χ2v) is 8.22. The van der Waals surface area contributed by atoms with Crippen LogP contribution in [0, 0.1) is 0 Å². The molecule has 0 radical (unpaired) electrons. The van der Waals surface area contributed by atoms with Crippen LogP contribution in [-0.2, 0) is 22.5 Å². The van der Waals surface area contributed by atoms with Gasteiger partial charge in [0.15, 0.2) is 0 Å². The molecule has 0 saturated heterocycles. The van der Waals surface area contributed by atoms with Gasteiger partial charge in [-0.2, -0.15) is 0 Å². The van der Waals surface area contributed by atoms with Crippen molar-refractivity contribution in [1.29, 1.82) is 0 Å². The first-order valence-corrected chi connectivity index (χ1v) is 10.3. The Balaban J connectivity index is 1.69. The second-order valence-electron chi connectivity index (χ2n) is 6.79. The number of methoxy groups -OCH3 is 1. The van der Waals surface area contributed by atoms with E-state index in [0.717, 1.165) is 25.1 Å². The van der Waals surface area contributed by atoms with Crippen LogP contribution in [0.25, 0.3) is 0 Å². The van der Waals surface area contributed by atoms with Crippen LogP contribution in [0.3, 0.4) is 0 Å². The lowest BCUT2D eigenvalue weighted by atomic mass is 10.0. The van der Waals surface area contributed by atoms with Gasteiger partial charge in [-0.25, -0.2) is 4.79 Å². The zero-order valence-corrected chi connectivity index (χ0v) is 17.6. The number of amides is 2. The van der Waals surface area contributed by atoms with Crippen molar-refractivity contribution in [3.05, 3.63) is 56.7 Å². The van der Waals surface area contributed by atoms with Crippen molar-refractivity contribution in [2.75, 3.05) is 33.8 Å². The number of hydrogen-bond donors (Lipinski definition) is 1. The molecule has 6 nitrogen and oxygen atoms in total. The number of hydrogen-bond acceptors (Lipinski definition) is 5. The van der Waals surface area contributed by atoms with Crippen molar-refractivity contribution in [1.82, 2.24) is 15.1 Å². The zero-order valence-electron chi connectivity index (χ0n) is 16.0. The molecule has 0 fully saturated rings. The number of nitrogens with zero attached hydrogens (tertiary/aromatic N) is 2. The number of fused-ring (bicyclic) bond motifs is 1. The Hall–Kier alpha value is -2.09. The van der Waals surface area contributed by atoms with Gasteiger partial charge in [0.2, 0.25) is 5.91 Å². The van der Waals surface area contributed by atoms with Crippen LogP contribution >= 0.6 is 22.9 Å². The van der Waals surface area contributed by atoms with Crippen LogP contribution in [0.15, 0.2) is 35.7 Å². The summed E-state index contributed by atoms with van der Waals surface area (Å²) >= 11 is 7.85. The quantitative estimate of drug-likeness (QED) is 0.777. The van der Waals surface area contributed by atoms with Gasteiger partial charge in [-0.1, -0.05) is 23.7 Å². The van der Waals surface area contributed by atoms with E-state index in [1.54, 1.807) is 11.3 Å². The maximum absolute atomic E-state index is 12.3. The van der Waals surface area contributed by atoms with Crippen molar-refractivity contribution >= 4 is 34.9 Å². The summed E-state index contributed by atoms with van der Waals surface area (Å²) in [6.45, 7) is 2.19. The predicted molar refractivity (Wildman–Crippen MR) is 111 cm³/mol. The van der Waals surface area contributed by atoms with Gasteiger partial charge in [-0.3, -0.25) is 9.69 Å². The SMILES string of the molecule is COC(=O)N(C)CC(=O)NCC(c1ccc(Cl)cc1)N1CCc2sccc2C1. The van der Waals surface area contributed by atoms with E-state index in [2.05, 4.69) is 26.4 Å². The number of likely N-dealkylation sites (N-methyl/N-ethyl adjacent to an activating group) is 1. The Kier molecular flexibility index (Phi) is 6.93. The number of rotatable bonds is 6. The maximum Gasteiger partial charge on any atom is 0.409 e. The highest BCUT2D eigenvalue weighted by atomic mass is 35.5. The van der Waals surface area contributed by atoms with E-state index in [1.165, 1.54) is 29.5 Å². The Morgan fingerprint density at radius 2 is 2.07 bits per heavy atom. The van der Waals surface area contributed by atoms with E-state index in [9.17, 15) is 9.59 Å². The molecule has 1 aliphatic heterocycles. The minimum Gasteiger partial charge on any atom is -0.453 e. The van der Waals surface area contributed by atoms with E-state index in [-0.39, 0.29) is 18.5 Å². The lowest BCUT2D eigenvalue weighted by Crippen LogP contribution is -2.43. The molecule has 8 heteroatoms. The molecular weight excluding hydrogens is 398 g/mol. The largest absolute Gasteiger partial charge is 0.453 e. The zero-order chi connectivity index (χ0) is 20.1. The summed E-state index contributed by atoms with van der Waals surface area (Å²) in [4.78, 5) is 28.8. The molecule has 28 heavy (non-hydrogen) atoms. The van der Waals surface area contributed by atoms with Gasteiger partial charge in [0.05, 0.1) is 13.2 Å². The Bertz CT molecular complexity index is 824. The van der Waals surface area contributed by atoms with Gasteiger partial charge in [0, 0.05) is 36.6 Å². The molecule has 2 amide bonds. The van der Waals surface area contributed by atoms with Crippen molar-refractivity contribution < 1.29 is 14.3 Å². The molecule has 2 heterocycles. The summed E-state index contributed by atoms with van der Waals surface area (Å²) in [5.41, 5.74) is 2.46. The lowest BCUT2D eigenvalue weighted by Gasteiger charge is -2.35. The minimum atomic E-state index is -0.537. The standard InChI is InChI=1S/C20H24ClN3O3S/c1-23(20(26)27-2)13-19(25)22-11-17(14-3-5-16(21)6-4-14)24-9-7-18-15(12-24)8-10-28-18/h3-6,8,10,17H,7,9,11-13H2,1-2H3,(H,22,25). The topological polar surface area (TPSA) is 61.9 Å². The summed E-state index contributed by atoms with van der Waals surface area (Å²) in [7, 11) is 2.83. The number of carbonyl (C=O) groups is 2. The summed E-state index contributed by atoms with van der Waals surface area (Å²) in [6, 6.07) is 9.95. The van der Waals surface area contributed by atoms with Crippen molar-refractivity contribution in [3.63, 3.8) is 0 Å². The molecule has 1 aromatic carbocycles. The first kappa shape index (κ1) is 20.6. The monoisotopic (exact) mass is 421 g/mol. The lowest BCUT2D eigenvalue weighted by molar-refractivity contribution is -0.122. The summed E-state index contributed by atoms with van der Waals surface area (Å²) < 4.78 is 4.63. The molecule has 0 bridgehead atoms. The number of carbonyl (C=O) groups excluding carboxylic acids is 2. The molecule has 0 spiro atoms. The van der Waals surface area contributed by atoms with Crippen LogP contribution in [0.5, 0.6) is 0 Å². The molecule has 0 aliphatic carbocycles. The van der Waals surface area contributed by atoms with E-state index in [4.69, 9.17) is 11.6 Å². The van der Waals surface area contributed by atoms with Crippen LogP contribution in [0.1, 0.15) is 22.0 Å². The van der Waals surface area contributed by atoms with Gasteiger partial charge < -0.3 is 15.0 Å². The number of halogens is 1. The van der Waals surface area contributed by atoms with E-state index >= 15 is 0 Å². The van der Waals surface area contributed by atoms with E-state index in [0.29, 0.717) is 11.6 Å². The summed E-state index contributed by atoms with van der Waals surface area (Å²) in [5, 5.41) is 5.78. The third kappa shape index (κ3) is 5.04. The third-order valence-electron chi connectivity index (χ3n) is 4.89. The molecule has 150 valence electrons. The van der Waals surface area contributed by atoms with E-state index < -0.39 is 6.09 Å². The molecule has 1 unspecified atom stereocenters. The fourth-order valence-electron chi connectivity index (χ4n) is 3.38. The van der Waals surface area contributed by atoms with Crippen molar-refractivity contribution in [2.24, 2.45) is 0 Å². The Labute approximate surface area is 174 Å². The molecule has 1 atom stereocenters. The predicted octanol–water partition coefficient (Wildman–Crippen LogP) is 3.32. The van der Waals surface area contributed by atoms with Crippen molar-refractivity contribution in [3.8, 4) is 0 Å². The van der Waals surface area contributed by atoms with Crippen LogP contribution in [0.4, 0.5) is 4.79 Å². The average molecular weight is 422 g/mol. The number of thiophene rings is 1. The second kappa shape index (κ2) is 9.41. The summed E-state index contributed by atoms with van der Waals surface area (Å²) in [6.07, 6.45) is 0.473. The number of ether oxygens (including phenoxy) is 1. The molecule has 0 saturated carbocycles. The normalized spacial score (nSPS) is 14.8. The van der Waals surface area contributed by atoms with E-state index in [1.807, 2.05) is 24.3 Å². The van der Waals surface area contributed by atoms with Crippen molar-refractivity contribution in [2.45, 2.75) is 19.0 Å².